The van der Waals surface area contributed by atoms with Crippen molar-refractivity contribution in [3.05, 3.63) is 88.4 Å². The van der Waals surface area contributed by atoms with Gasteiger partial charge in [0, 0.05) is 5.69 Å². The second kappa shape index (κ2) is 9.36. The molecule has 8 nitrogen and oxygen atoms in total. The summed E-state index contributed by atoms with van der Waals surface area (Å²) in [6.07, 6.45) is -1.11. The molecule has 0 radical (unpaired) electrons. The van der Waals surface area contributed by atoms with Crippen molar-refractivity contribution < 1.29 is 28.7 Å². The Morgan fingerprint density at radius 2 is 1.62 bits per heavy atom. The monoisotopic (exact) mass is 478 g/mol. The maximum atomic E-state index is 12.9. The number of rotatable bonds is 6. The van der Waals surface area contributed by atoms with E-state index in [1.807, 2.05) is 0 Å². The van der Waals surface area contributed by atoms with Gasteiger partial charge in [-0.1, -0.05) is 23.7 Å². The highest BCUT2D eigenvalue weighted by Gasteiger charge is 2.38. The topological polar surface area (TPSA) is 102 Å². The van der Waals surface area contributed by atoms with E-state index < -0.39 is 29.8 Å². The molecule has 34 heavy (non-hydrogen) atoms. The highest BCUT2D eigenvalue weighted by molar-refractivity contribution is 6.39. The fraction of sp³-hybridized carbons (Fsp3) is 0.120. The number of ether oxygens (including phenoxy) is 2. The van der Waals surface area contributed by atoms with Gasteiger partial charge in [-0.2, -0.15) is 0 Å². The van der Waals surface area contributed by atoms with Gasteiger partial charge in [0.15, 0.2) is 6.10 Å². The molecule has 0 aromatic heterocycles. The van der Waals surface area contributed by atoms with E-state index in [1.165, 1.54) is 32.2 Å². The van der Waals surface area contributed by atoms with E-state index >= 15 is 0 Å². The number of hydrogen-bond acceptors (Lipinski definition) is 6. The maximum Gasteiger partial charge on any atom is 0.338 e. The van der Waals surface area contributed by atoms with E-state index in [-0.39, 0.29) is 27.4 Å². The summed E-state index contributed by atoms with van der Waals surface area (Å²) in [5.41, 5.74) is 0.991. The zero-order valence-electron chi connectivity index (χ0n) is 18.2. The molecule has 1 aliphatic rings. The molecule has 172 valence electrons. The first kappa shape index (κ1) is 23.0. The second-order valence-corrected chi connectivity index (χ2v) is 7.83. The third-order valence-electron chi connectivity index (χ3n) is 5.23. The van der Waals surface area contributed by atoms with Crippen molar-refractivity contribution >= 4 is 46.7 Å². The van der Waals surface area contributed by atoms with Crippen molar-refractivity contribution in [2.75, 3.05) is 17.3 Å². The minimum atomic E-state index is -1.11. The number of imide groups is 1. The molecule has 1 N–H and O–H groups in total. The summed E-state index contributed by atoms with van der Waals surface area (Å²) in [6.45, 7) is 1.43. The molecular weight excluding hydrogens is 460 g/mol. The molecule has 3 aromatic carbocycles. The normalized spacial score (nSPS) is 13.3. The lowest BCUT2D eigenvalue weighted by molar-refractivity contribution is -0.123. The number of benzene rings is 3. The molecule has 1 aliphatic heterocycles. The third-order valence-corrected chi connectivity index (χ3v) is 5.55. The van der Waals surface area contributed by atoms with Crippen LogP contribution in [0.2, 0.25) is 5.02 Å². The summed E-state index contributed by atoms with van der Waals surface area (Å²) >= 11 is 6.16. The molecule has 3 amide bonds. The Morgan fingerprint density at radius 1 is 0.941 bits per heavy atom. The van der Waals surface area contributed by atoms with Crippen LogP contribution in [0.1, 0.15) is 38.0 Å². The maximum absolute atomic E-state index is 12.9. The van der Waals surface area contributed by atoms with Gasteiger partial charge in [-0.05, 0) is 61.5 Å². The number of hydrogen-bond donors (Lipinski definition) is 1. The molecule has 1 unspecified atom stereocenters. The fourth-order valence-corrected chi connectivity index (χ4v) is 3.64. The lowest BCUT2D eigenvalue weighted by Gasteiger charge is -2.15. The lowest BCUT2D eigenvalue weighted by Crippen LogP contribution is -2.30. The van der Waals surface area contributed by atoms with Crippen LogP contribution in [0.25, 0.3) is 0 Å². The third kappa shape index (κ3) is 4.35. The van der Waals surface area contributed by atoms with Gasteiger partial charge in [0.05, 0.1) is 34.5 Å². The highest BCUT2D eigenvalue weighted by Crippen LogP contribution is 2.33. The van der Waals surface area contributed by atoms with E-state index in [4.69, 9.17) is 21.1 Å². The van der Waals surface area contributed by atoms with Gasteiger partial charge in [-0.25, -0.2) is 9.69 Å². The van der Waals surface area contributed by atoms with Gasteiger partial charge >= 0.3 is 5.97 Å². The number of nitrogens with one attached hydrogen (secondary N) is 1. The predicted octanol–water partition coefficient (Wildman–Crippen LogP) is 4.33. The quantitative estimate of drug-likeness (QED) is 0.418. The first-order chi connectivity index (χ1) is 16.3. The number of carbonyl (C=O) groups is 4. The largest absolute Gasteiger partial charge is 0.497 e. The molecule has 0 saturated heterocycles. The molecule has 4 rings (SSSR count). The molecule has 0 aliphatic carbocycles. The van der Waals surface area contributed by atoms with Crippen molar-refractivity contribution in [1.29, 1.82) is 0 Å². The zero-order valence-corrected chi connectivity index (χ0v) is 19.0. The number of esters is 1. The summed E-state index contributed by atoms with van der Waals surface area (Å²) < 4.78 is 10.3. The summed E-state index contributed by atoms with van der Waals surface area (Å²) in [5, 5.41) is 2.89. The van der Waals surface area contributed by atoms with Crippen LogP contribution >= 0.6 is 11.6 Å². The molecule has 1 atom stereocenters. The van der Waals surface area contributed by atoms with Gasteiger partial charge in [-0.3, -0.25) is 14.4 Å². The number of halogens is 1. The number of carbonyl (C=O) groups excluding carboxylic acids is 4. The molecule has 3 aromatic rings. The summed E-state index contributed by atoms with van der Waals surface area (Å²) in [6, 6.07) is 17.2. The lowest BCUT2D eigenvalue weighted by atomic mass is 10.1. The minimum Gasteiger partial charge on any atom is -0.497 e. The Morgan fingerprint density at radius 3 is 2.29 bits per heavy atom. The number of para-hydroxylation sites is 1. The molecule has 0 fully saturated rings. The van der Waals surface area contributed by atoms with Gasteiger partial charge in [0.1, 0.15) is 5.75 Å². The predicted molar refractivity (Wildman–Crippen MR) is 126 cm³/mol. The van der Waals surface area contributed by atoms with Crippen molar-refractivity contribution in [3.8, 4) is 5.75 Å². The Balaban J connectivity index is 1.47. The van der Waals surface area contributed by atoms with Crippen molar-refractivity contribution in [2.24, 2.45) is 0 Å². The molecule has 9 heteroatoms. The van der Waals surface area contributed by atoms with Gasteiger partial charge in [-0.15, -0.1) is 0 Å². The second-order valence-electron chi connectivity index (χ2n) is 7.42. The first-order valence-corrected chi connectivity index (χ1v) is 10.6. The average molecular weight is 479 g/mol. The van der Waals surface area contributed by atoms with Crippen LogP contribution in [0.15, 0.2) is 66.7 Å². The van der Waals surface area contributed by atoms with Crippen LogP contribution in [-0.2, 0) is 9.53 Å². The summed E-state index contributed by atoms with van der Waals surface area (Å²) in [4.78, 5) is 51.7. The Bertz CT molecular complexity index is 1310. The molecule has 1 heterocycles. The van der Waals surface area contributed by atoms with Crippen LogP contribution in [-0.4, -0.2) is 36.9 Å². The SMILES string of the molecule is COc1ccc(NC(=O)C(C)OC(=O)c2ccc3c(c2)C(=O)N(c2ccccc2Cl)C3=O)cc1. The zero-order chi connectivity index (χ0) is 24.4. The standard InChI is InChI=1S/C25H19ClN2O6/c1-14(22(29)27-16-8-10-17(33-2)11-9-16)34-25(32)15-7-12-18-19(13-15)24(31)28(23(18)30)21-6-4-3-5-20(21)26/h3-14H,1-2H3,(H,27,29). The Kier molecular flexibility index (Phi) is 6.34. The number of fused-ring (bicyclic) bond motifs is 1. The summed E-state index contributed by atoms with van der Waals surface area (Å²) in [5.74, 6) is -1.85. The van der Waals surface area contributed by atoms with E-state index in [0.29, 0.717) is 11.4 Å². The van der Waals surface area contributed by atoms with Crippen molar-refractivity contribution in [3.63, 3.8) is 0 Å². The van der Waals surface area contributed by atoms with E-state index in [9.17, 15) is 19.2 Å². The van der Waals surface area contributed by atoms with Crippen molar-refractivity contribution in [1.82, 2.24) is 0 Å². The highest BCUT2D eigenvalue weighted by atomic mass is 35.5. The van der Waals surface area contributed by atoms with Crippen LogP contribution in [0.4, 0.5) is 11.4 Å². The van der Waals surface area contributed by atoms with E-state index in [0.717, 1.165) is 4.90 Å². The number of anilines is 2. The number of methoxy groups -OCH3 is 1. The smallest absolute Gasteiger partial charge is 0.338 e. The van der Waals surface area contributed by atoms with Crippen molar-refractivity contribution in [2.45, 2.75) is 13.0 Å². The van der Waals surface area contributed by atoms with Crippen LogP contribution in [0, 0.1) is 0 Å². The van der Waals surface area contributed by atoms with Gasteiger partial charge in [0.2, 0.25) is 0 Å². The molecule has 0 spiro atoms. The van der Waals surface area contributed by atoms with Crippen LogP contribution in [0.3, 0.4) is 0 Å². The number of amides is 3. The van der Waals surface area contributed by atoms with E-state index in [2.05, 4.69) is 5.32 Å². The molecular formula is C25H19ClN2O6. The first-order valence-electron chi connectivity index (χ1n) is 10.2. The summed E-state index contributed by atoms with van der Waals surface area (Å²) in [7, 11) is 1.53. The molecule has 0 saturated carbocycles. The number of nitrogens with zero attached hydrogens (tertiary/aromatic N) is 1. The average Bonchev–Trinajstić information content (AvgIpc) is 3.09. The molecule has 0 bridgehead atoms. The van der Waals surface area contributed by atoms with Gasteiger partial charge < -0.3 is 14.8 Å². The fourth-order valence-electron chi connectivity index (χ4n) is 3.42. The Hall–Kier alpha value is -4.17. The Labute approximate surface area is 200 Å². The van der Waals surface area contributed by atoms with Crippen LogP contribution < -0.4 is 15.0 Å². The van der Waals surface area contributed by atoms with E-state index in [1.54, 1.807) is 48.5 Å². The minimum absolute atomic E-state index is 0.0324. The van der Waals surface area contributed by atoms with Gasteiger partial charge in [0.25, 0.3) is 17.7 Å². The van der Waals surface area contributed by atoms with Crippen LogP contribution in [0.5, 0.6) is 5.75 Å².